The molecule has 4 N–H and O–H groups in total. The second kappa shape index (κ2) is 4.54. The van der Waals surface area contributed by atoms with E-state index in [9.17, 15) is 0 Å². The van der Waals surface area contributed by atoms with Crippen LogP contribution in [0.25, 0.3) is 0 Å². The Labute approximate surface area is 83.2 Å². The highest BCUT2D eigenvalue weighted by molar-refractivity contribution is 6.05. The molecule has 6 nitrogen and oxygen atoms in total. The van der Waals surface area contributed by atoms with E-state index in [1.165, 1.54) is 0 Å². The van der Waals surface area contributed by atoms with Gasteiger partial charge in [-0.2, -0.15) is 0 Å². The molecule has 14 heavy (non-hydrogen) atoms. The standard InChI is InChI=1S/C7H13BN4O2/c8-12-3-6(10-11-12)1-2-7(9,4-13)5-14/h3,13-14H,1-2,4-5,9H2. The Morgan fingerprint density at radius 2 is 2.14 bits per heavy atom. The molecular formula is C7H13BN4O2. The molecule has 0 spiro atoms. The van der Waals surface area contributed by atoms with Crippen LogP contribution in [-0.4, -0.2) is 51.9 Å². The Balaban J connectivity index is 2.47. The zero-order chi connectivity index (χ0) is 10.6. The molecule has 0 aliphatic carbocycles. The largest absolute Gasteiger partial charge is 0.394 e. The molecule has 0 saturated heterocycles. The van der Waals surface area contributed by atoms with Crippen LogP contribution in [0.4, 0.5) is 0 Å². The zero-order valence-electron chi connectivity index (χ0n) is 7.80. The lowest BCUT2D eigenvalue weighted by Crippen LogP contribution is -2.47. The number of aliphatic hydroxyl groups excluding tert-OH is 2. The molecule has 7 heteroatoms. The van der Waals surface area contributed by atoms with Crippen molar-refractivity contribution in [3.8, 4) is 0 Å². The smallest absolute Gasteiger partial charge is 0.266 e. The van der Waals surface area contributed by atoms with Crippen LogP contribution >= 0.6 is 0 Å². The van der Waals surface area contributed by atoms with Crippen molar-refractivity contribution >= 4 is 7.98 Å². The minimum absolute atomic E-state index is 0.264. The minimum atomic E-state index is -0.960. The van der Waals surface area contributed by atoms with Crippen molar-refractivity contribution in [2.75, 3.05) is 13.2 Å². The first-order valence-electron chi connectivity index (χ1n) is 4.26. The van der Waals surface area contributed by atoms with Gasteiger partial charge in [-0.3, -0.25) is 0 Å². The van der Waals surface area contributed by atoms with Crippen LogP contribution in [0, 0.1) is 0 Å². The number of aryl methyl sites for hydroxylation is 1. The van der Waals surface area contributed by atoms with Gasteiger partial charge in [-0.1, -0.05) is 5.21 Å². The highest BCUT2D eigenvalue weighted by Gasteiger charge is 2.22. The zero-order valence-corrected chi connectivity index (χ0v) is 7.80. The summed E-state index contributed by atoms with van der Waals surface area (Å²) in [7, 11) is 5.30. The van der Waals surface area contributed by atoms with Crippen LogP contribution in [0.15, 0.2) is 6.20 Å². The van der Waals surface area contributed by atoms with Gasteiger partial charge in [0.05, 0.1) is 24.4 Å². The normalized spacial score (nSPS) is 11.9. The average Bonchev–Trinajstić information content (AvgIpc) is 2.61. The predicted molar refractivity (Wildman–Crippen MR) is 50.6 cm³/mol. The van der Waals surface area contributed by atoms with Crippen molar-refractivity contribution in [1.29, 1.82) is 0 Å². The molecule has 0 fully saturated rings. The van der Waals surface area contributed by atoms with Crippen LogP contribution in [0.2, 0.25) is 0 Å². The van der Waals surface area contributed by atoms with Crippen LogP contribution in [0.5, 0.6) is 0 Å². The number of hydrogen-bond acceptors (Lipinski definition) is 5. The van der Waals surface area contributed by atoms with Gasteiger partial charge in [-0.05, 0) is 12.8 Å². The molecule has 1 aromatic rings. The van der Waals surface area contributed by atoms with Crippen molar-refractivity contribution < 1.29 is 10.2 Å². The summed E-state index contributed by atoms with van der Waals surface area (Å²) in [6, 6.07) is 0. The Morgan fingerprint density at radius 1 is 1.50 bits per heavy atom. The SMILES string of the molecule is [B]n1cc(CCC(N)(CO)CO)nn1. The number of nitrogens with two attached hydrogens (primary N) is 1. The Morgan fingerprint density at radius 3 is 2.57 bits per heavy atom. The summed E-state index contributed by atoms with van der Waals surface area (Å²) >= 11 is 0. The van der Waals surface area contributed by atoms with Crippen LogP contribution < -0.4 is 5.73 Å². The Kier molecular flexibility index (Phi) is 3.62. The van der Waals surface area contributed by atoms with E-state index in [0.717, 1.165) is 4.59 Å². The molecule has 0 aliphatic rings. The fraction of sp³-hybridized carbons (Fsp3) is 0.714. The first-order valence-corrected chi connectivity index (χ1v) is 4.26. The molecule has 1 aromatic heterocycles. The van der Waals surface area contributed by atoms with Gasteiger partial charge in [0.2, 0.25) is 0 Å². The third kappa shape index (κ3) is 2.79. The fourth-order valence-electron chi connectivity index (χ4n) is 1.01. The van der Waals surface area contributed by atoms with E-state index in [1.807, 2.05) is 0 Å². The molecule has 76 valence electrons. The maximum atomic E-state index is 8.92. The maximum Gasteiger partial charge on any atom is 0.266 e. The number of rotatable bonds is 5. The molecule has 0 aliphatic heterocycles. The quantitative estimate of drug-likeness (QED) is 0.465. The molecule has 0 bridgehead atoms. The number of hydrogen-bond donors (Lipinski definition) is 3. The van der Waals surface area contributed by atoms with E-state index in [-0.39, 0.29) is 13.2 Å². The van der Waals surface area contributed by atoms with E-state index < -0.39 is 5.54 Å². The van der Waals surface area contributed by atoms with E-state index in [1.54, 1.807) is 6.20 Å². The van der Waals surface area contributed by atoms with E-state index >= 15 is 0 Å². The monoisotopic (exact) mass is 196 g/mol. The summed E-state index contributed by atoms with van der Waals surface area (Å²) < 4.78 is 1.10. The molecule has 2 radical (unpaired) electrons. The second-order valence-corrected chi connectivity index (χ2v) is 3.37. The number of aromatic nitrogens is 3. The summed E-state index contributed by atoms with van der Waals surface area (Å²) in [5.74, 6) is 0. The third-order valence-corrected chi connectivity index (χ3v) is 2.07. The van der Waals surface area contributed by atoms with Crippen molar-refractivity contribution in [1.82, 2.24) is 14.9 Å². The van der Waals surface area contributed by atoms with Gasteiger partial charge in [0.25, 0.3) is 7.98 Å². The first kappa shape index (κ1) is 11.2. The summed E-state index contributed by atoms with van der Waals surface area (Å²) in [6.45, 7) is -0.527. The summed E-state index contributed by atoms with van der Waals surface area (Å²) in [4.78, 5) is 0. The molecule has 1 rings (SSSR count). The predicted octanol–water partition coefficient (Wildman–Crippen LogP) is -2.18. The number of nitrogens with zero attached hydrogens (tertiary/aromatic N) is 3. The molecule has 0 atom stereocenters. The average molecular weight is 196 g/mol. The minimum Gasteiger partial charge on any atom is -0.394 e. The molecular weight excluding hydrogens is 183 g/mol. The molecule has 1 heterocycles. The molecule has 0 saturated carbocycles. The van der Waals surface area contributed by atoms with Gasteiger partial charge in [0.15, 0.2) is 0 Å². The lowest BCUT2D eigenvalue weighted by Gasteiger charge is -2.23. The molecule has 0 unspecified atom stereocenters. The summed E-state index contributed by atoms with van der Waals surface area (Å²) in [6.07, 6.45) is 2.52. The van der Waals surface area contributed by atoms with E-state index in [2.05, 4.69) is 10.3 Å². The first-order chi connectivity index (χ1) is 6.59. The summed E-state index contributed by atoms with van der Waals surface area (Å²) in [5.41, 5.74) is 5.39. The van der Waals surface area contributed by atoms with Gasteiger partial charge < -0.3 is 20.5 Å². The van der Waals surface area contributed by atoms with Gasteiger partial charge in [0.1, 0.15) is 0 Å². The third-order valence-electron chi connectivity index (χ3n) is 2.07. The van der Waals surface area contributed by atoms with Gasteiger partial charge in [0, 0.05) is 6.20 Å². The van der Waals surface area contributed by atoms with E-state index in [0.29, 0.717) is 18.5 Å². The highest BCUT2D eigenvalue weighted by atomic mass is 16.3. The summed E-state index contributed by atoms with van der Waals surface area (Å²) in [5, 5.41) is 25.1. The van der Waals surface area contributed by atoms with Crippen LogP contribution in [0.3, 0.4) is 0 Å². The highest BCUT2D eigenvalue weighted by Crippen LogP contribution is 2.09. The molecule has 0 amide bonds. The van der Waals surface area contributed by atoms with Crippen molar-refractivity contribution in [2.24, 2.45) is 5.73 Å². The van der Waals surface area contributed by atoms with Gasteiger partial charge >= 0.3 is 0 Å². The van der Waals surface area contributed by atoms with Crippen LogP contribution in [0.1, 0.15) is 12.1 Å². The Bertz CT molecular complexity index is 287. The topological polar surface area (TPSA) is 97.2 Å². The second-order valence-electron chi connectivity index (χ2n) is 3.37. The van der Waals surface area contributed by atoms with Crippen molar-refractivity contribution in [3.63, 3.8) is 0 Å². The fourth-order valence-corrected chi connectivity index (χ4v) is 1.01. The lowest BCUT2D eigenvalue weighted by atomic mass is 9.96. The van der Waals surface area contributed by atoms with Gasteiger partial charge in [-0.25, -0.2) is 0 Å². The van der Waals surface area contributed by atoms with E-state index in [4.69, 9.17) is 23.9 Å². The number of aliphatic hydroxyl groups is 2. The molecule has 0 aromatic carbocycles. The van der Waals surface area contributed by atoms with Crippen molar-refractivity contribution in [2.45, 2.75) is 18.4 Å². The van der Waals surface area contributed by atoms with Crippen molar-refractivity contribution in [3.05, 3.63) is 11.9 Å². The van der Waals surface area contributed by atoms with Gasteiger partial charge in [-0.15, -0.1) is 5.10 Å². The maximum absolute atomic E-state index is 8.92. The lowest BCUT2D eigenvalue weighted by molar-refractivity contribution is 0.114. The Hall–Kier alpha value is -0.915. The van der Waals surface area contributed by atoms with Crippen LogP contribution in [-0.2, 0) is 6.42 Å².